The zero-order chi connectivity index (χ0) is 33.6. The molecule has 1 unspecified atom stereocenters. The largest absolute Gasteiger partial charge is 0.493 e. The maximum atomic E-state index is 13.5. The minimum absolute atomic E-state index is 0.0298. The molecule has 0 saturated carbocycles. The quantitative estimate of drug-likeness (QED) is 0.169. The summed E-state index contributed by atoms with van der Waals surface area (Å²) in [6.45, 7) is 8.64. The Labute approximate surface area is 284 Å². The van der Waals surface area contributed by atoms with Crippen molar-refractivity contribution in [2.24, 2.45) is 5.92 Å². The number of hydrogen-bond donors (Lipinski definition) is 0. The van der Waals surface area contributed by atoms with E-state index in [1.165, 1.54) is 23.9 Å². The Morgan fingerprint density at radius 2 is 1.47 bits per heavy atom. The van der Waals surface area contributed by atoms with Gasteiger partial charge in [0.2, 0.25) is 5.75 Å². The Hall–Kier alpha value is -3.19. The number of ether oxygens (including phenoxy) is 4. The molecule has 5 rings (SSSR count). The van der Waals surface area contributed by atoms with Crippen LogP contribution in [0.1, 0.15) is 24.5 Å². The fraction of sp³-hybridized carbons (Fsp3) is 0.457. The smallest absolute Gasteiger partial charge is 0.416 e. The van der Waals surface area contributed by atoms with Crippen molar-refractivity contribution in [2.75, 3.05) is 78.6 Å². The molecule has 12 heteroatoms. The van der Waals surface area contributed by atoms with Gasteiger partial charge in [0.1, 0.15) is 6.61 Å². The van der Waals surface area contributed by atoms with Gasteiger partial charge < -0.3 is 28.7 Å². The molecular formula is C35H42F3N3O4S2. The van der Waals surface area contributed by atoms with Crippen molar-refractivity contribution in [1.82, 2.24) is 9.80 Å². The van der Waals surface area contributed by atoms with Crippen molar-refractivity contribution >= 4 is 40.4 Å². The molecule has 0 radical (unpaired) electrons. The first kappa shape index (κ1) is 35.1. The van der Waals surface area contributed by atoms with Crippen molar-refractivity contribution in [2.45, 2.75) is 35.7 Å². The number of hydrogen-bond acceptors (Lipinski definition) is 9. The Morgan fingerprint density at radius 3 is 2.11 bits per heavy atom. The molecule has 2 heterocycles. The van der Waals surface area contributed by atoms with E-state index < -0.39 is 11.7 Å². The van der Waals surface area contributed by atoms with Crippen molar-refractivity contribution in [3.05, 3.63) is 65.7 Å². The highest BCUT2D eigenvalue weighted by Gasteiger charge is 2.33. The molecule has 1 fully saturated rings. The number of methoxy groups -OCH3 is 3. The summed E-state index contributed by atoms with van der Waals surface area (Å²) in [5, 5.41) is 0.582. The normalized spacial score (nSPS) is 15.9. The molecule has 0 amide bonds. The van der Waals surface area contributed by atoms with Crippen LogP contribution < -0.4 is 19.1 Å². The summed E-state index contributed by atoms with van der Waals surface area (Å²) in [6, 6.07) is 15.9. The summed E-state index contributed by atoms with van der Waals surface area (Å²) in [6.07, 6.45) is -2.85. The Balaban J connectivity index is 1.06. The van der Waals surface area contributed by atoms with E-state index in [0.29, 0.717) is 47.6 Å². The van der Waals surface area contributed by atoms with Gasteiger partial charge >= 0.3 is 6.18 Å². The maximum Gasteiger partial charge on any atom is 0.416 e. The highest BCUT2D eigenvalue weighted by molar-refractivity contribution is 7.99. The average molecular weight is 690 g/mol. The molecule has 254 valence electrons. The lowest BCUT2D eigenvalue weighted by molar-refractivity contribution is -0.137. The first-order chi connectivity index (χ1) is 22.6. The first-order valence-corrected chi connectivity index (χ1v) is 17.0. The third kappa shape index (κ3) is 8.65. The average Bonchev–Trinajstić information content (AvgIpc) is 3.07. The van der Waals surface area contributed by atoms with Crippen molar-refractivity contribution < 1.29 is 32.1 Å². The van der Waals surface area contributed by atoms with Crippen LogP contribution in [0, 0.1) is 5.92 Å². The van der Waals surface area contributed by atoms with E-state index in [1.807, 2.05) is 36.4 Å². The molecule has 1 saturated heterocycles. The van der Waals surface area contributed by atoms with Gasteiger partial charge in [0.15, 0.2) is 16.5 Å². The van der Waals surface area contributed by atoms with E-state index in [0.717, 1.165) is 66.7 Å². The fourth-order valence-electron chi connectivity index (χ4n) is 6.04. The van der Waals surface area contributed by atoms with Crippen LogP contribution >= 0.6 is 24.0 Å². The second kappa shape index (κ2) is 15.8. The van der Waals surface area contributed by atoms with Gasteiger partial charge in [-0.05, 0) is 79.6 Å². The molecule has 7 nitrogen and oxygen atoms in total. The molecule has 0 spiro atoms. The van der Waals surface area contributed by atoms with Crippen LogP contribution in [0.3, 0.4) is 0 Å². The lowest BCUT2D eigenvalue weighted by Gasteiger charge is -2.36. The molecule has 2 aliphatic rings. The Kier molecular flexibility index (Phi) is 11.8. The van der Waals surface area contributed by atoms with Crippen molar-refractivity contribution in [3.8, 4) is 17.2 Å². The van der Waals surface area contributed by atoms with Gasteiger partial charge in [-0.15, -0.1) is 0 Å². The van der Waals surface area contributed by atoms with Crippen LogP contribution in [-0.4, -0.2) is 88.6 Å². The molecular weight excluding hydrogens is 648 g/mol. The standard InChI is InChI=1S/C35H42F3N3O4S2/c1-24(20-25-21-29(42-2)33(44-4)30(22-25)43-3)34(46)45-19-18-40-16-14-39(15-17-40)12-7-13-41-27-8-5-6-9-31(27)47-32-11-10-26(23-28(32)41)35(36,37)38/h5-6,8-11,21-24H,7,12-20H2,1-4H3. The van der Waals surface area contributed by atoms with E-state index in [4.69, 9.17) is 31.2 Å². The third-order valence-electron chi connectivity index (χ3n) is 8.59. The van der Waals surface area contributed by atoms with Gasteiger partial charge in [-0.3, -0.25) is 4.90 Å². The van der Waals surface area contributed by atoms with Crippen LogP contribution in [0.25, 0.3) is 0 Å². The Bertz CT molecular complexity index is 1510. The number of anilines is 2. The fourth-order valence-corrected chi connectivity index (χ4v) is 7.29. The molecule has 3 aromatic rings. The number of halogens is 3. The van der Waals surface area contributed by atoms with Gasteiger partial charge in [-0.1, -0.05) is 30.8 Å². The predicted molar refractivity (Wildman–Crippen MR) is 184 cm³/mol. The number of benzene rings is 3. The molecule has 0 bridgehead atoms. The highest BCUT2D eigenvalue weighted by Crippen LogP contribution is 2.49. The van der Waals surface area contributed by atoms with Gasteiger partial charge in [0.05, 0.1) is 38.3 Å². The van der Waals surface area contributed by atoms with Gasteiger partial charge in [0, 0.05) is 55.0 Å². The molecule has 2 aliphatic heterocycles. The zero-order valence-electron chi connectivity index (χ0n) is 27.3. The molecule has 47 heavy (non-hydrogen) atoms. The maximum absolute atomic E-state index is 13.5. The summed E-state index contributed by atoms with van der Waals surface area (Å²) >= 11 is 7.14. The second-order valence-electron chi connectivity index (χ2n) is 11.7. The number of alkyl halides is 3. The lowest BCUT2D eigenvalue weighted by Crippen LogP contribution is -2.47. The zero-order valence-corrected chi connectivity index (χ0v) is 28.9. The molecule has 0 aromatic heterocycles. The first-order valence-electron chi connectivity index (χ1n) is 15.8. The topological polar surface area (TPSA) is 46.6 Å². The predicted octanol–water partition coefficient (Wildman–Crippen LogP) is 7.56. The van der Waals surface area contributed by atoms with Crippen LogP contribution in [-0.2, 0) is 17.3 Å². The summed E-state index contributed by atoms with van der Waals surface area (Å²) < 4.78 is 63.0. The van der Waals surface area contributed by atoms with Crippen LogP contribution in [0.5, 0.6) is 17.2 Å². The Morgan fingerprint density at radius 1 is 0.830 bits per heavy atom. The summed E-state index contributed by atoms with van der Waals surface area (Å²) in [5.74, 6) is 1.81. The van der Waals surface area contributed by atoms with E-state index >= 15 is 0 Å². The number of piperazine rings is 1. The third-order valence-corrected chi connectivity index (χ3v) is 10.2. The van der Waals surface area contributed by atoms with Gasteiger partial charge in [-0.25, -0.2) is 0 Å². The number of fused-ring (bicyclic) bond motifs is 2. The lowest BCUT2D eigenvalue weighted by atomic mass is 10.0. The minimum Gasteiger partial charge on any atom is -0.493 e. The summed E-state index contributed by atoms with van der Waals surface area (Å²) in [4.78, 5) is 8.78. The van der Waals surface area contributed by atoms with Crippen molar-refractivity contribution in [3.63, 3.8) is 0 Å². The minimum atomic E-state index is -4.38. The van der Waals surface area contributed by atoms with E-state index in [2.05, 4.69) is 21.6 Å². The molecule has 3 aromatic carbocycles. The SMILES string of the molecule is COc1cc(CC(C)C(=S)OCCN2CCN(CCCN3c4ccccc4Sc4ccc(C(F)(F)F)cc43)CC2)cc(OC)c1OC. The van der Waals surface area contributed by atoms with Crippen LogP contribution in [0.4, 0.5) is 24.5 Å². The highest BCUT2D eigenvalue weighted by atomic mass is 32.2. The molecule has 0 N–H and O–H groups in total. The number of nitrogens with zero attached hydrogens (tertiary/aromatic N) is 3. The number of rotatable bonds is 13. The molecule has 0 aliphatic carbocycles. The monoisotopic (exact) mass is 689 g/mol. The molecule has 1 atom stereocenters. The van der Waals surface area contributed by atoms with Crippen LogP contribution in [0.2, 0.25) is 0 Å². The summed E-state index contributed by atoms with van der Waals surface area (Å²) in [7, 11) is 4.79. The van der Waals surface area contributed by atoms with E-state index in [-0.39, 0.29) is 5.92 Å². The van der Waals surface area contributed by atoms with Gasteiger partial charge in [0.25, 0.3) is 0 Å². The van der Waals surface area contributed by atoms with E-state index in [9.17, 15) is 13.2 Å². The van der Waals surface area contributed by atoms with Crippen LogP contribution in [0.15, 0.2) is 64.4 Å². The van der Waals surface area contributed by atoms with E-state index in [1.54, 1.807) is 27.4 Å². The second-order valence-corrected chi connectivity index (χ2v) is 13.2. The summed E-state index contributed by atoms with van der Waals surface area (Å²) in [5.41, 5.74) is 2.00. The van der Waals surface area contributed by atoms with Crippen molar-refractivity contribution in [1.29, 1.82) is 0 Å². The number of para-hydroxylation sites is 1. The number of thiocarbonyl (C=S) groups is 1. The van der Waals surface area contributed by atoms with Gasteiger partial charge in [-0.2, -0.15) is 13.2 Å².